The quantitative estimate of drug-likeness (QED) is 0.593. The molecular formula is C9H14N2O3. The number of aryl methyl sites for hydroxylation is 1. The van der Waals surface area contributed by atoms with Crippen molar-refractivity contribution in [3.05, 3.63) is 23.2 Å². The molecule has 1 aromatic rings. The fraction of sp³-hybridized carbons (Fsp3) is 0.444. The lowest BCUT2D eigenvalue weighted by atomic mass is 10.2. The van der Waals surface area contributed by atoms with Crippen molar-refractivity contribution < 1.29 is 14.3 Å². The Morgan fingerprint density at radius 2 is 2.43 bits per heavy atom. The van der Waals surface area contributed by atoms with Crippen LogP contribution in [0.1, 0.15) is 21.9 Å². The number of carboxylic acid groups (broad SMARTS) is 1. The van der Waals surface area contributed by atoms with Crippen LogP contribution >= 0.6 is 0 Å². The van der Waals surface area contributed by atoms with Gasteiger partial charge in [-0.3, -0.25) is 0 Å². The summed E-state index contributed by atoms with van der Waals surface area (Å²) < 4.78 is 5.12. The Bertz CT molecular complexity index is 320. The summed E-state index contributed by atoms with van der Waals surface area (Å²) in [5.41, 5.74) is 5.93. The highest BCUT2D eigenvalue weighted by molar-refractivity contribution is 5.86. The van der Waals surface area contributed by atoms with Crippen molar-refractivity contribution in [2.75, 3.05) is 13.1 Å². The number of hydrogen-bond acceptors (Lipinski definition) is 4. The van der Waals surface area contributed by atoms with Gasteiger partial charge in [0.2, 0.25) is 5.76 Å². The van der Waals surface area contributed by atoms with E-state index in [9.17, 15) is 4.79 Å². The van der Waals surface area contributed by atoms with Gasteiger partial charge in [0.05, 0.1) is 6.54 Å². The van der Waals surface area contributed by atoms with Crippen LogP contribution in [0.5, 0.6) is 0 Å². The van der Waals surface area contributed by atoms with Gasteiger partial charge in [-0.05, 0) is 13.0 Å². The zero-order valence-corrected chi connectivity index (χ0v) is 8.04. The van der Waals surface area contributed by atoms with Gasteiger partial charge >= 0.3 is 5.97 Å². The lowest BCUT2D eigenvalue weighted by molar-refractivity contribution is 0.0659. The molecule has 0 amide bonds. The van der Waals surface area contributed by atoms with Gasteiger partial charge in [0.15, 0.2) is 0 Å². The molecule has 0 atom stereocenters. The van der Waals surface area contributed by atoms with E-state index in [1.165, 1.54) is 0 Å². The molecule has 0 aliphatic carbocycles. The van der Waals surface area contributed by atoms with Crippen molar-refractivity contribution in [2.45, 2.75) is 13.5 Å². The van der Waals surface area contributed by atoms with Crippen molar-refractivity contribution in [1.29, 1.82) is 0 Å². The number of carbonyl (C=O) groups is 1. The van der Waals surface area contributed by atoms with Gasteiger partial charge in [-0.25, -0.2) is 4.79 Å². The lowest BCUT2D eigenvalue weighted by Gasteiger charge is -1.98. The predicted octanol–water partition coefficient (Wildman–Crippen LogP) is 0.335. The van der Waals surface area contributed by atoms with Gasteiger partial charge in [0.1, 0.15) is 5.76 Å². The molecule has 0 fully saturated rings. The third-order valence-corrected chi connectivity index (χ3v) is 1.78. The van der Waals surface area contributed by atoms with Gasteiger partial charge in [-0.15, -0.1) is 0 Å². The Morgan fingerprint density at radius 3 is 2.93 bits per heavy atom. The number of rotatable bonds is 5. The molecule has 5 heteroatoms. The van der Waals surface area contributed by atoms with E-state index in [4.69, 9.17) is 15.3 Å². The number of nitrogens with one attached hydrogen (secondary N) is 1. The first kappa shape index (κ1) is 10.7. The van der Waals surface area contributed by atoms with Crippen LogP contribution in [0.2, 0.25) is 0 Å². The van der Waals surface area contributed by atoms with E-state index in [1.807, 2.05) is 0 Å². The third kappa shape index (κ3) is 2.58. The Kier molecular flexibility index (Phi) is 3.67. The van der Waals surface area contributed by atoms with Crippen LogP contribution in [-0.2, 0) is 6.54 Å². The zero-order valence-electron chi connectivity index (χ0n) is 8.04. The van der Waals surface area contributed by atoms with Gasteiger partial charge in [0.25, 0.3) is 0 Å². The van der Waals surface area contributed by atoms with Crippen LogP contribution in [0.15, 0.2) is 10.5 Å². The average molecular weight is 198 g/mol. The molecule has 5 nitrogen and oxygen atoms in total. The first-order valence-electron chi connectivity index (χ1n) is 4.38. The van der Waals surface area contributed by atoms with Crippen LogP contribution in [-0.4, -0.2) is 24.2 Å². The maximum Gasteiger partial charge on any atom is 0.372 e. The number of furan rings is 1. The van der Waals surface area contributed by atoms with Gasteiger partial charge in [-0.2, -0.15) is 0 Å². The highest BCUT2D eigenvalue weighted by atomic mass is 16.4. The number of aromatic carboxylic acids is 1. The van der Waals surface area contributed by atoms with Crippen molar-refractivity contribution >= 4 is 5.97 Å². The molecule has 0 bridgehead atoms. The minimum atomic E-state index is -1.03. The molecule has 4 N–H and O–H groups in total. The molecule has 0 aliphatic heterocycles. The molecular weight excluding hydrogens is 184 g/mol. The summed E-state index contributed by atoms with van der Waals surface area (Å²) in [4.78, 5) is 10.6. The van der Waals surface area contributed by atoms with E-state index >= 15 is 0 Å². The molecule has 0 aliphatic rings. The normalized spacial score (nSPS) is 10.4. The second-order valence-corrected chi connectivity index (χ2v) is 3.00. The van der Waals surface area contributed by atoms with Gasteiger partial charge in [0, 0.05) is 18.7 Å². The van der Waals surface area contributed by atoms with E-state index in [0.717, 1.165) is 0 Å². The highest BCUT2D eigenvalue weighted by Crippen LogP contribution is 2.14. The Balaban J connectivity index is 2.62. The highest BCUT2D eigenvalue weighted by Gasteiger charge is 2.13. The largest absolute Gasteiger partial charge is 0.475 e. The van der Waals surface area contributed by atoms with Crippen LogP contribution in [0.25, 0.3) is 0 Å². The van der Waals surface area contributed by atoms with E-state index in [0.29, 0.717) is 31.0 Å². The Morgan fingerprint density at radius 1 is 1.71 bits per heavy atom. The lowest BCUT2D eigenvalue weighted by Crippen LogP contribution is -2.21. The second-order valence-electron chi connectivity index (χ2n) is 3.00. The van der Waals surface area contributed by atoms with Gasteiger partial charge < -0.3 is 20.6 Å². The van der Waals surface area contributed by atoms with Crippen molar-refractivity contribution in [3.63, 3.8) is 0 Å². The number of hydrogen-bond donors (Lipinski definition) is 3. The molecule has 1 rings (SSSR count). The number of carboxylic acids is 1. The maximum atomic E-state index is 10.6. The van der Waals surface area contributed by atoms with Crippen molar-refractivity contribution in [3.8, 4) is 0 Å². The van der Waals surface area contributed by atoms with Gasteiger partial charge in [-0.1, -0.05) is 0 Å². The molecule has 0 spiro atoms. The summed E-state index contributed by atoms with van der Waals surface area (Å²) in [7, 11) is 0. The fourth-order valence-corrected chi connectivity index (χ4v) is 1.16. The van der Waals surface area contributed by atoms with E-state index in [1.54, 1.807) is 13.0 Å². The molecule has 0 saturated carbocycles. The van der Waals surface area contributed by atoms with E-state index in [2.05, 4.69) is 5.32 Å². The van der Waals surface area contributed by atoms with Crippen LogP contribution in [0, 0.1) is 6.92 Å². The monoisotopic (exact) mass is 198 g/mol. The second kappa shape index (κ2) is 4.78. The smallest absolute Gasteiger partial charge is 0.372 e. The summed E-state index contributed by atoms with van der Waals surface area (Å²) in [5.74, 6) is -0.407. The molecule has 0 aromatic carbocycles. The zero-order chi connectivity index (χ0) is 10.6. The summed E-state index contributed by atoms with van der Waals surface area (Å²) in [6.07, 6.45) is 0. The molecule has 1 heterocycles. The molecule has 14 heavy (non-hydrogen) atoms. The molecule has 0 unspecified atom stereocenters. The van der Waals surface area contributed by atoms with Crippen molar-refractivity contribution in [1.82, 2.24) is 5.32 Å². The third-order valence-electron chi connectivity index (χ3n) is 1.78. The first-order chi connectivity index (χ1) is 6.65. The van der Waals surface area contributed by atoms with Crippen molar-refractivity contribution in [2.24, 2.45) is 5.73 Å². The predicted molar refractivity (Wildman–Crippen MR) is 51.2 cm³/mol. The Hall–Kier alpha value is -1.33. The van der Waals surface area contributed by atoms with E-state index < -0.39 is 5.97 Å². The molecule has 1 aromatic heterocycles. The molecule has 78 valence electrons. The standard InChI is InChI=1S/C9H14N2O3/c1-6-4-7(5-11-3-2-10)14-8(6)9(12)13/h4,11H,2-3,5,10H2,1H3,(H,12,13). The maximum absolute atomic E-state index is 10.6. The topological polar surface area (TPSA) is 88.5 Å². The fourth-order valence-electron chi connectivity index (χ4n) is 1.16. The summed E-state index contributed by atoms with van der Waals surface area (Å²) in [5, 5.41) is 11.7. The Labute approximate surface area is 81.9 Å². The SMILES string of the molecule is Cc1cc(CNCCN)oc1C(=O)O. The average Bonchev–Trinajstić information content (AvgIpc) is 2.47. The van der Waals surface area contributed by atoms with E-state index in [-0.39, 0.29) is 5.76 Å². The minimum Gasteiger partial charge on any atom is -0.475 e. The van der Waals surface area contributed by atoms with Crippen LogP contribution in [0.3, 0.4) is 0 Å². The summed E-state index contributed by atoms with van der Waals surface area (Å²) in [6, 6.07) is 1.72. The minimum absolute atomic E-state index is 0.00884. The molecule has 0 radical (unpaired) electrons. The summed E-state index contributed by atoms with van der Waals surface area (Å²) >= 11 is 0. The first-order valence-corrected chi connectivity index (χ1v) is 4.38. The molecule has 0 saturated heterocycles. The summed E-state index contributed by atoms with van der Waals surface area (Å²) in [6.45, 7) is 3.44. The van der Waals surface area contributed by atoms with Crippen LogP contribution in [0.4, 0.5) is 0 Å². The van der Waals surface area contributed by atoms with Crippen LogP contribution < -0.4 is 11.1 Å². The number of nitrogens with two attached hydrogens (primary N) is 1.